The lowest BCUT2D eigenvalue weighted by Crippen LogP contribution is -2.45. The van der Waals surface area contributed by atoms with Gasteiger partial charge in [-0.3, -0.25) is 9.59 Å². The second-order valence-electron chi connectivity index (χ2n) is 5.92. The lowest BCUT2D eigenvalue weighted by Gasteiger charge is -2.23. The van der Waals surface area contributed by atoms with Crippen LogP contribution in [0.5, 0.6) is 0 Å². The Morgan fingerprint density at radius 3 is 2.81 bits per heavy atom. The van der Waals surface area contributed by atoms with Gasteiger partial charge < -0.3 is 16.0 Å². The number of rotatable bonds is 2. The van der Waals surface area contributed by atoms with Gasteiger partial charge in [-0.05, 0) is 48.9 Å². The van der Waals surface area contributed by atoms with E-state index in [1.54, 1.807) is 11.9 Å². The van der Waals surface area contributed by atoms with Crippen LogP contribution in [0.25, 0.3) is 0 Å². The number of likely N-dealkylation sites (tertiary alicyclic amines) is 1. The Bertz CT molecular complexity index is 585. The Balaban J connectivity index is 1.85. The van der Waals surface area contributed by atoms with E-state index >= 15 is 0 Å². The number of amides is 2. The molecular formula is C16H21N3O2. The van der Waals surface area contributed by atoms with Crippen molar-refractivity contribution in [1.82, 2.24) is 10.2 Å². The molecule has 5 nitrogen and oxygen atoms in total. The molecule has 1 aromatic rings. The fraction of sp³-hybridized carbons (Fsp3) is 0.500. The molecule has 21 heavy (non-hydrogen) atoms. The first-order valence-corrected chi connectivity index (χ1v) is 7.50. The quantitative estimate of drug-likeness (QED) is 0.830. The molecule has 5 heteroatoms. The van der Waals surface area contributed by atoms with E-state index in [4.69, 9.17) is 5.73 Å². The Morgan fingerprint density at radius 1 is 1.29 bits per heavy atom. The number of carbonyl (C=O) groups excluding carboxylic acids is 2. The molecular weight excluding hydrogens is 266 g/mol. The Hall–Kier alpha value is -1.88. The van der Waals surface area contributed by atoms with E-state index < -0.39 is 6.04 Å². The maximum absolute atomic E-state index is 12.7. The van der Waals surface area contributed by atoms with Crippen LogP contribution >= 0.6 is 0 Å². The van der Waals surface area contributed by atoms with Gasteiger partial charge in [0.05, 0.1) is 0 Å². The van der Waals surface area contributed by atoms with E-state index in [0.717, 1.165) is 19.3 Å². The molecule has 0 aromatic heterocycles. The van der Waals surface area contributed by atoms with E-state index in [1.165, 1.54) is 11.1 Å². The number of hydrogen-bond donors (Lipinski definition) is 2. The van der Waals surface area contributed by atoms with Crippen molar-refractivity contribution in [3.8, 4) is 0 Å². The molecule has 2 aliphatic rings. The Labute approximate surface area is 124 Å². The first-order chi connectivity index (χ1) is 10.1. The van der Waals surface area contributed by atoms with Crippen molar-refractivity contribution in [2.75, 3.05) is 13.6 Å². The topological polar surface area (TPSA) is 75.4 Å². The Kier molecular flexibility index (Phi) is 3.68. The van der Waals surface area contributed by atoms with Crippen LogP contribution in [-0.2, 0) is 17.6 Å². The summed E-state index contributed by atoms with van der Waals surface area (Å²) in [5, 5.41) is 2.62. The molecule has 0 bridgehead atoms. The molecule has 0 saturated carbocycles. The monoisotopic (exact) mass is 287 g/mol. The van der Waals surface area contributed by atoms with Crippen LogP contribution in [0.15, 0.2) is 18.2 Å². The summed E-state index contributed by atoms with van der Waals surface area (Å²) < 4.78 is 0. The zero-order chi connectivity index (χ0) is 15.0. The van der Waals surface area contributed by atoms with Crippen LogP contribution in [0, 0.1) is 0 Å². The molecule has 2 amide bonds. The number of nitrogens with zero attached hydrogens (tertiary/aromatic N) is 1. The Morgan fingerprint density at radius 2 is 2.05 bits per heavy atom. The van der Waals surface area contributed by atoms with Gasteiger partial charge in [-0.15, -0.1) is 0 Å². The zero-order valence-corrected chi connectivity index (χ0v) is 12.3. The third-order valence-electron chi connectivity index (χ3n) is 4.49. The molecule has 2 atom stereocenters. The fourth-order valence-electron chi connectivity index (χ4n) is 3.38. The van der Waals surface area contributed by atoms with Crippen LogP contribution in [0.3, 0.4) is 0 Å². The first-order valence-electron chi connectivity index (χ1n) is 7.50. The van der Waals surface area contributed by atoms with Gasteiger partial charge in [-0.2, -0.15) is 0 Å². The average Bonchev–Trinajstić information content (AvgIpc) is 3.10. The number of carbonyl (C=O) groups is 2. The lowest BCUT2D eigenvalue weighted by atomic mass is 10.1. The summed E-state index contributed by atoms with van der Waals surface area (Å²) in [6.07, 6.45) is 3.81. The van der Waals surface area contributed by atoms with Crippen molar-refractivity contribution in [2.24, 2.45) is 5.73 Å². The van der Waals surface area contributed by atoms with Crippen LogP contribution in [0.4, 0.5) is 0 Å². The summed E-state index contributed by atoms with van der Waals surface area (Å²) in [6.45, 7) is 0.438. The average molecular weight is 287 g/mol. The molecule has 1 fully saturated rings. The summed E-state index contributed by atoms with van der Waals surface area (Å²) in [5.74, 6) is -0.233. The summed E-state index contributed by atoms with van der Waals surface area (Å²) in [5.41, 5.74) is 9.21. The zero-order valence-electron chi connectivity index (χ0n) is 12.3. The highest BCUT2D eigenvalue weighted by Crippen LogP contribution is 2.25. The maximum Gasteiger partial charge on any atom is 0.254 e. The second-order valence-corrected chi connectivity index (χ2v) is 5.92. The molecule has 1 aliphatic carbocycles. The normalized spacial score (nSPS) is 24.0. The van der Waals surface area contributed by atoms with E-state index in [1.807, 2.05) is 18.2 Å². The number of nitrogens with one attached hydrogen (secondary N) is 1. The number of fused-ring (bicyclic) bond motifs is 1. The number of benzene rings is 1. The predicted molar refractivity (Wildman–Crippen MR) is 80.0 cm³/mol. The number of hydrogen-bond acceptors (Lipinski definition) is 3. The van der Waals surface area contributed by atoms with Crippen molar-refractivity contribution in [1.29, 1.82) is 0 Å². The lowest BCUT2D eigenvalue weighted by molar-refractivity contribution is -0.124. The van der Waals surface area contributed by atoms with Crippen molar-refractivity contribution >= 4 is 11.8 Å². The number of aryl methyl sites for hydroxylation is 2. The minimum absolute atomic E-state index is 0.0914. The van der Waals surface area contributed by atoms with E-state index in [-0.39, 0.29) is 17.9 Å². The smallest absolute Gasteiger partial charge is 0.254 e. The highest BCUT2D eigenvalue weighted by Gasteiger charge is 2.38. The van der Waals surface area contributed by atoms with Crippen molar-refractivity contribution < 1.29 is 9.59 Å². The standard InChI is InChI=1S/C16H21N3O2/c1-18-15(20)14-8-13(17)9-19(14)16(21)12-6-5-10-3-2-4-11(10)7-12/h5-7,13-14H,2-4,8-9,17H2,1H3,(H,18,20)/t13-,14+/m1/s1. The molecule has 1 heterocycles. The predicted octanol–water partition coefficient (Wildman–Crippen LogP) is 0.463. The molecule has 112 valence electrons. The molecule has 1 aliphatic heterocycles. The molecule has 0 radical (unpaired) electrons. The molecule has 3 N–H and O–H groups in total. The van der Waals surface area contributed by atoms with Crippen LogP contribution < -0.4 is 11.1 Å². The van der Waals surface area contributed by atoms with Gasteiger partial charge in [0, 0.05) is 25.2 Å². The van der Waals surface area contributed by atoms with Gasteiger partial charge in [-0.25, -0.2) is 0 Å². The third-order valence-corrected chi connectivity index (χ3v) is 4.49. The maximum atomic E-state index is 12.7. The van der Waals surface area contributed by atoms with Crippen molar-refractivity contribution in [2.45, 2.75) is 37.8 Å². The molecule has 3 rings (SSSR count). The van der Waals surface area contributed by atoms with Gasteiger partial charge in [0.1, 0.15) is 6.04 Å². The molecule has 1 aromatic carbocycles. The molecule has 0 unspecified atom stereocenters. The molecule has 1 saturated heterocycles. The largest absolute Gasteiger partial charge is 0.357 e. The van der Waals surface area contributed by atoms with Crippen molar-refractivity contribution in [3.63, 3.8) is 0 Å². The highest BCUT2D eigenvalue weighted by atomic mass is 16.2. The summed E-state index contributed by atoms with van der Waals surface area (Å²) in [7, 11) is 1.59. The van der Waals surface area contributed by atoms with Gasteiger partial charge in [0.15, 0.2) is 0 Å². The summed E-state index contributed by atoms with van der Waals surface area (Å²) in [4.78, 5) is 26.3. The van der Waals surface area contributed by atoms with Gasteiger partial charge in [-0.1, -0.05) is 6.07 Å². The van der Waals surface area contributed by atoms with E-state index in [9.17, 15) is 9.59 Å². The molecule has 0 spiro atoms. The van der Waals surface area contributed by atoms with Gasteiger partial charge >= 0.3 is 0 Å². The minimum atomic E-state index is -0.453. The van der Waals surface area contributed by atoms with Gasteiger partial charge in [0.2, 0.25) is 5.91 Å². The number of likely N-dealkylation sites (N-methyl/N-ethyl adjacent to an activating group) is 1. The minimum Gasteiger partial charge on any atom is -0.357 e. The second kappa shape index (κ2) is 5.48. The van der Waals surface area contributed by atoms with Crippen LogP contribution in [-0.4, -0.2) is 42.4 Å². The SMILES string of the molecule is CNC(=O)[C@@H]1C[C@@H](N)CN1C(=O)c1ccc2c(c1)CCC2. The van der Waals surface area contributed by atoms with E-state index in [2.05, 4.69) is 5.32 Å². The van der Waals surface area contributed by atoms with Gasteiger partial charge in [0.25, 0.3) is 5.91 Å². The fourth-order valence-corrected chi connectivity index (χ4v) is 3.38. The van der Waals surface area contributed by atoms with Crippen molar-refractivity contribution in [3.05, 3.63) is 34.9 Å². The number of nitrogens with two attached hydrogens (primary N) is 1. The van der Waals surface area contributed by atoms with Crippen LogP contribution in [0.1, 0.15) is 34.3 Å². The third kappa shape index (κ3) is 2.53. The van der Waals surface area contributed by atoms with Crippen LogP contribution in [0.2, 0.25) is 0 Å². The first kappa shape index (κ1) is 14.1. The summed E-state index contributed by atoms with van der Waals surface area (Å²) in [6, 6.07) is 5.31. The highest BCUT2D eigenvalue weighted by molar-refractivity contribution is 5.98. The van der Waals surface area contributed by atoms with E-state index in [0.29, 0.717) is 18.5 Å². The summed E-state index contributed by atoms with van der Waals surface area (Å²) >= 11 is 0.